The highest BCUT2D eigenvalue weighted by molar-refractivity contribution is 5.47. The van der Waals surface area contributed by atoms with Crippen LogP contribution in [0.4, 0.5) is 23.2 Å². The molecular weight excluding hydrogens is 250 g/mol. The molecule has 0 amide bonds. The molecule has 0 saturated heterocycles. The molecule has 1 N–H and O–H groups in total. The van der Waals surface area contributed by atoms with Crippen molar-refractivity contribution >= 4 is 5.69 Å². The van der Waals surface area contributed by atoms with Crippen LogP contribution in [0.25, 0.3) is 0 Å². The minimum Gasteiger partial charge on any atom is -0.467 e. The first kappa shape index (κ1) is 12.5. The quantitative estimate of drug-likeness (QED) is 0.670. The molecule has 1 aromatic carbocycles. The molecule has 0 aliphatic heterocycles. The van der Waals surface area contributed by atoms with Gasteiger partial charge in [0.25, 0.3) is 0 Å². The Kier molecular flexibility index (Phi) is 3.27. The average Bonchev–Trinajstić information content (AvgIpc) is 2.73. The second-order valence-electron chi connectivity index (χ2n) is 3.72. The van der Waals surface area contributed by atoms with Gasteiger partial charge in [-0.3, -0.25) is 0 Å². The molecule has 0 saturated carbocycles. The van der Waals surface area contributed by atoms with Crippen LogP contribution in [0.3, 0.4) is 0 Å². The van der Waals surface area contributed by atoms with Crippen molar-refractivity contribution in [3.63, 3.8) is 0 Å². The van der Waals surface area contributed by atoms with Gasteiger partial charge in [-0.05, 0) is 18.6 Å². The lowest BCUT2D eigenvalue weighted by Gasteiger charge is -2.09. The van der Waals surface area contributed by atoms with E-state index in [1.807, 2.05) is 0 Å². The minimum absolute atomic E-state index is 0.0738. The van der Waals surface area contributed by atoms with Crippen molar-refractivity contribution in [1.82, 2.24) is 0 Å². The van der Waals surface area contributed by atoms with Gasteiger partial charge in [0.05, 0.1) is 12.8 Å². The molecule has 0 radical (unpaired) electrons. The second-order valence-corrected chi connectivity index (χ2v) is 3.72. The highest BCUT2D eigenvalue weighted by Gasteiger charge is 2.19. The monoisotopic (exact) mass is 259 g/mol. The first-order chi connectivity index (χ1) is 8.50. The van der Waals surface area contributed by atoms with Gasteiger partial charge >= 0.3 is 0 Å². The molecular formula is C12H9F4NO. The Hall–Kier alpha value is -1.98. The van der Waals surface area contributed by atoms with Gasteiger partial charge in [0, 0.05) is 6.07 Å². The molecule has 1 heterocycles. The molecule has 6 heteroatoms. The first-order valence-electron chi connectivity index (χ1n) is 5.10. The number of benzene rings is 1. The van der Waals surface area contributed by atoms with Crippen LogP contribution in [0.15, 0.2) is 22.8 Å². The van der Waals surface area contributed by atoms with E-state index in [2.05, 4.69) is 5.32 Å². The molecule has 0 fully saturated rings. The summed E-state index contributed by atoms with van der Waals surface area (Å²) in [5.41, 5.74) is -0.0801. The molecule has 18 heavy (non-hydrogen) atoms. The standard InChI is InChI=1S/C12H9F4NO/c1-6-2-3-18-9(6)5-17-12-10(15)7(13)4-8(14)11(12)16/h2-4,17H,5H2,1H3. The zero-order chi connectivity index (χ0) is 13.3. The number of aryl methyl sites for hydroxylation is 1. The Morgan fingerprint density at radius 2 is 1.72 bits per heavy atom. The van der Waals surface area contributed by atoms with Gasteiger partial charge < -0.3 is 9.73 Å². The fraction of sp³-hybridized carbons (Fsp3) is 0.167. The Labute approximate surface area is 100 Å². The summed E-state index contributed by atoms with van der Waals surface area (Å²) in [5, 5.41) is 2.28. The number of anilines is 1. The van der Waals surface area contributed by atoms with Crippen LogP contribution in [-0.4, -0.2) is 0 Å². The summed E-state index contributed by atoms with van der Waals surface area (Å²) in [6.07, 6.45) is 1.41. The van der Waals surface area contributed by atoms with Gasteiger partial charge in [-0.2, -0.15) is 0 Å². The van der Waals surface area contributed by atoms with Gasteiger partial charge in [0.1, 0.15) is 11.4 Å². The van der Waals surface area contributed by atoms with E-state index in [1.54, 1.807) is 13.0 Å². The van der Waals surface area contributed by atoms with E-state index in [9.17, 15) is 17.6 Å². The van der Waals surface area contributed by atoms with Crippen LogP contribution < -0.4 is 5.32 Å². The Morgan fingerprint density at radius 3 is 2.22 bits per heavy atom. The predicted octanol–water partition coefficient (Wildman–Crippen LogP) is 3.76. The molecule has 0 unspecified atom stereocenters. The lowest BCUT2D eigenvalue weighted by Crippen LogP contribution is -2.07. The zero-order valence-corrected chi connectivity index (χ0v) is 9.36. The average molecular weight is 259 g/mol. The van der Waals surface area contributed by atoms with E-state index >= 15 is 0 Å². The number of hydrogen-bond acceptors (Lipinski definition) is 2. The number of nitrogens with one attached hydrogen (secondary N) is 1. The zero-order valence-electron chi connectivity index (χ0n) is 9.36. The molecule has 0 bridgehead atoms. The van der Waals surface area contributed by atoms with E-state index in [4.69, 9.17) is 4.42 Å². The van der Waals surface area contributed by atoms with Crippen LogP contribution >= 0.6 is 0 Å². The largest absolute Gasteiger partial charge is 0.467 e. The van der Waals surface area contributed by atoms with Gasteiger partial charge in [-0.1, -0.05) is 0 Å². The Morgan fingerprint density at radius 1 is 1.11 bits per heavy atom. The molecule has 2 aromatic rings. The van der Waals surface area contributed by atoms with Crippen LogP contribution in [0.2, 0.25) is 0 Å². The number of halogens is 4. The highest BCUT2D eigenvalue weighted by atomic mass is 19.2. The second kappa shape index (κ2) is 4.72. The van der Waals surface area contributed by atoms with Crippen molar-refractivity contribution < 1.29 is 22.0 Å². The summed E-state index contributed by atoms with van der Waals surface area (Å²) in [7, 11) is 0. The maximum Gasteiger partial charge on any atom is 0.185 e. The smallest absolute Gasteiger partial charge is 0.185 e. The molecule has 2 nitrogen and oxygen atoms in total. The number of hydrogen-bond donors (Lipinski definition) is 1. The molecule has 96 valence electrons. The minimum atomic E-state index is -1.46. The molecule has 2 rings (SSSR count). The maximum atomic E-state index is 13.3. The normalized spacial score (nSPS) is 10.7. The summed E-state index contributed by atoms with van der Waals surface area (Å²) in [6.45, 7) is 1.66. The molecule has 0 spiro atoms. The van der Waals surface area contributed by atoms with E-state index < -0.39 is 29.0 Å². The summed E-state index contributed by atoms with van der Waals surface area (Å²) in [5.74, 6) is -5.39. The Balaban J connectivity index is 2.27. The molecule has 1 aromatic heterocycles. The third kappa shape index (κ3) is 2.18. The first-order valence-corrected chi connectivity index (χ1v) is 5.10. The van der Waals surface area contributed by atoms with Crippen molar-refractivity contribution in [3.05, 3.63) is 53.0 Å². The number of furan rings is 1. The third-order valence-electron chi connectivity index (χ3n) is 2.51. The summed E-state index contributed by atoms with van der Waals surface area (Å²) in [6, 6.07) is 1.82. The molecule has 0 aliphatic rings. The van der Waals surface area contributed by atoms with Crippen LogP contribution in [0.5, 0.6) is 0 Å². The van der Waals surface area contributed by atoms with Crippen molar-refractivity contribution in [1.29, 1.82) is 0 Å². The lowest BCUT2D eigenvalue weighted by molar-refractivity contribution is 0.456. The van der Waals surface area contributed by atoms with Crippen molar-refractivity contribution in [3.8, 4) is 0 Å². The van der Waals surface area contributed by atoms with E-state index in [1.165, 1.54) is 6.26 Å². The fourth-order valence-electron chi connectivity index (χ4n) is 1.48. The molecule has 0 aliphatic carbocycles. The Bertz CT molecular complexity index is 553. The highest BCUT2D eigenvalue weighted by Crippen LogP contribution is 2.25. The van der Waals surface area contributed by atoms with Gasteiger partial charge in [0.15, 0.2) is 23.3 Å². The van der Waals surface area contributed by atoms with E-state index in [-0.39, 0.29) is 12.6 Å². The summed E-state index contributed by atoms with van der Waals surface area (Å²) < 4.78 is 57.5. The van der Waals surface area contributed by atoms with Crippen molar-refractivity contribution in [2.24, 2.45) is 0 Å². The summed E-state index contributed by atoms with van der Waals surface area (Å²) in [4.78, 5) is 0. The van der Waals surface area contributed by atoms with E-state index in [0.717, 1.165) is 5.56 Å². The fourth-order valence-corrected chi connectivity index (χ4v) is 1.48. The predicted molar refractivity (Wildman–Crippen MR) is 57.0 cm³/mol. The van der Waals surface area contributed by atoms with Crippen molar-refractivity contribution in [2.75, 3.05) is 5.32 Å². The van der Waals surface area contributed by atoms with Crippen molar-refractivity contribution in [2.45, 2.75) is 13.5 Å². The summed E-state index contributed by atoms with van der Waals surface area (Å²) >= 11 is 0. The van der Waals surface area contributed by atoms with E-state index in [0.29, 0.717) is 5.76 Å². The van der Waals surface area contributed by atoms with Gasteiger partial charge in [-0.15, -0.1) is 0 Å². The van der Waals surface area contributed by atoms with Gasteiger partial charge in [-0.25, -0.2) is 17.6 Å². The van der Waals surface area contributed by atoms with Crippen LogP contribution in [0.1, 0.15) is 11.3 Å². The SMILES string of the molecule is Cc1ccoc1CNc1c(F)c(F)cc(F)c1F. The topological polar surface area (TPSA) is 25.2 Å². The maximum absolute atomic E-state index is 13.3. The molecule has 0 atom stereocenters. The lowest BCUT2D eigenvalue weighted by atomic mass is 10.2. The van der Waals surface area contributed by atoms with Crippen LogP contribution in [-0.2, 0) is 6.54 Å². The third-order valence-corrected chi connectivity index (χ3v) is 2.51. The van der Waals surface area contributed by atoms with Crippen LogP contribution in [0, 0.1) is 30.2 Å². The van der Waals surface area contributed by atoms with Gasteiger partial charge in [0.2, 0.25) is 0 Å². The number of rotatable bonds is 3.